The molecule has 0 amide bonds. The number of hydrogen-bond donors (Lipinski definition) is 1. The van der Waals surface area contributed by atoms with Crippen LogP contribution in [0.15, 0.2) is 6.07 Å². The molecule has 0 radical (unpaired) electrons. The average molecular weight is 234 g/mol. The van der Waals surface area contributed by atoms with Crippen LogP contribution in [-0.2, 0) is 6.42 Å². The van der Waals surface area contributed by atoms with E-state index in [1.54, 1.807) is 0 Å². The maximum Gasteiger partial charge on any atom is 0.134 e. The van der Waals surface area contributed by atoms with E-state index in [4.69, 9.17) is 5.73 Å². The molecule has 94 valence electrons. The standard InChI is InChI=1S/C13H22N4/c1-4-12-15-11(14)8-13(16-12)17-6-5-9(2)7-10(17)3/h8-10H,4-7H2,1-3H3,(H2,14,15,16). The van der Waals surface area contributed by atoms with Gasteiger partial charge in [0, 0.05) is 25.1 Å². The number of nitrogen functional groups attached to an aromatic ring is 1. The summed E-state index contributed by atoms with van der Waals surface area (Å²) >= 11 is 0. The summed E-state index contributed by atoms with van der Waals surface area (Å²) < 4.78 is 0. The molecule has 1 fully saturated rings. The van der Waals surface area contributed by atoms with Gasteiger partial charge in [-0.3, -0.25) is 0 Å². The first-order valence-corrected chi connectivity index (χ1v) is 6.50. The van der Waals surface area contributed by atoms with Gasteiger partial charge in [-0.2, -0.15) is 0 Å². The minimum absolute atomic E-state index is 0.540. The van der Waals surface area contributed by atoms with Gasteiger partial charge in [0.2, 0.25) is 0 Å². The van der Waals surface area contributed by atoms with Gasteiger partial charge in [0.05, 0.1) is 0 Å². The van der Waals surface area contributed by atoms with Gasteiger partial charge in [-0.15, -0.1) is 0 Å². The van der Waals surface area contributed by atoms with Gasteiger partial charge < -0.3 is 10.6 Å². The molecule has 4 nitrogen and oxygen atoms in total. The van der Waals surface area contributed by atoms with Crippen LogP contribution in [0.3, 0.4) is 0 Å². The summed E-state index contributed by atoms with van der Waals surface area (Å²) in [7, 11) is 0. The number of nitrogens with two attached hydrogens (primary N) is 1. The van der Waals surface area contributed by atoms with Crippen molar-refractivity contribution in [3.63, 3.8) is 0 Å². The van der Waals surface area contributed by atoms with Crippen LogP contribution < -0.4 is 10.6 Å². The molecule has 0 bridgehead atoms. The molecule has 1 aromatic rings. The summed E-state index contributed by atoms with van der Waals surface area (Å²) in [5.74, 6) is 3.23. The van der Waals surface area contributed by atoms with Gasteiger partial charge in [-0.25, -0.2) is 9.97 Å². The van der Waals surface area contributed by atoms with Crippen molar-refractivity contribution >= 4 is 11.6 Å². The molecule has 0 aliphatic carbocycles. The van der Waals surface area contributed by atoms with Crippen LogP contribution in [0.1, 0.15) is 39.4 Å². The lowest BCUT2D eigenvalue weighted by molar-refractivity contribution is 0.376. The van der Waals surface area contributed by atoms with Crippen LogP contribution in [0.5, 0.6) is 0 Å². The van der Waals surface area contributed by atoms with Crippen molar-refractivity contribution in [1.29, 1.82) is 0 Å². The average Bonchev–Trinajstić information content (AvgIpc) is 2.28. The summed E-state index contributed by atoms with van der Waals surface area (Å²) in [5.41, 5.74) is 5.84. The summed E-state index contributed by atoms with van der Waals surface area (Å²) in [6.07, 6.45) is 3.29. The lowest BCUT2D eigenvalue weighted by atomic mass is 9.93. The SMILES string of the molecule is CCc1nc(N)cc(N2CCC(C)CC2C)n1. The third-order valence-corrected chi connectivity index (χ3v) is 3.53. The van der Waals surface area contributed by atoms with Gasteiger partial charge in [0.1, 0.15) is 17.5 Å². The highest BCUT2D eigenvalue weighted by molar-refractivity contribution is 5.48. The molecule has 0 saturated carbocycles. The summed E-state index contributed by atoms with van der Waals surface area (Å²) in [4.78, 5) is 11.2. The van der Waals surface area contributed by atoms with Crippen LogP contribution in [0, 0.1) is 5.92 Å². The molecule has 1 aliphatic heterocycles. The van der Waals surface area contributed by atoms with Crippen molar-refractivity contribution in [3.8, 4) is 0 Å². The van der Waals surface area contributed by atoms with Crippen molar-refractivity contribution in [2.24, 2.45) is 5.92 Å². The van der Waals surface area contributed by atoms with E-state index in [-0.39, 0.29) is 0 Å². The van der Waals surface area contributed by atoms with E-state index < -0.39 is 0 Å². The third kappa shape index (κ3) is 2.68. The van der Waals surface area contributed by atoms with Gasteiger partial charge in [-0.05, 0) is 25.7 Å². The van der Waals surface area contributed by atoms with Crippen molar-refractivity contribution in [2.45, 2.75) is 46.1 Å². The number of piperidine rings is 1. The lowest BCUT2D eigenvalue weighted by Gasteiger charge is -2.37. The Morgan fingerprint density at radius 1 is 1.41 bits per heavy atom. The monoisotopic (exact) mass is 234 g/mol. The molecule has 1 saturated heterocycles. The van der Waals surface area contributed by atoms with Crippen LogP contribution in [0.25, 0.3) is 0 Å². The molecule has 0 aromatic carbocycles. The Balaban J connectivity index is 2.24. The fourth-order valence-corrected chi connectivity index (χ4v) is 2.56. The zero-order chi connectivity index (χ0) is 12.4. The van der Waals surface area contributed by atoms with E-state index in [1.807, 2.05) is 6.07 Å². The number of aromatic nitrogens is 2. The Morgan fingerprint density at radius 2 is 2.18 bits per heavy atom. The molecule has 1 aliphatic rings. The van der Waals surface area contributed by atoms with Crippen molar-refractivity contribution < 1.29 is 0 Å². The zero-order valence-corrected chi connectivity index (χ0v) is 11.0. The molecule has 2 heterocycles. The number of nitrogens with zero attached hydrogens (tertiary/aromatic N) is 3. The van der Waals surface area contributed by atoms with Crippen molar-refractivity contribution in [1.82, 2.24) is 9.97 Å². The molecular formula is C13H22N4. The van der Waals surface area contributed by atoms with Crippen LogP contribution in [0.4, 0.5) is 11.6 Å². The van der Waals surface area contributed by atoms with E-state index in [0.29, 0.717) is 11.9 Å². The Hall–Kier alpha value is -1.32. The first-order valence-electron chi connectivity index (χ1n) is 6.50. The summed E-state index contributed by atoms with van der Waals surface area (Å²) in [6.45, 7) is 7.71. The number of rotatable bonds is 2. The topological polar surface area (TPSA) is 55.0 Å². The molecule has 2 unspecified atom stereocenters. The Bertz CT molecular complexity index is 391. The summed E-state index contributed by atoms with van der Waals surface area (Å²) in [5, 5.41) is 0. The lowest BCUT2D eigenvalue weighted by Crippen LogP contribution is -2.40. The Kier molecular flexibility index (Phi) is 3.50. The first kappa shape index (κ1) is 12.1. The van der Waals surface area contributed by atoms with Gasteiger partial charge in [-0.1, -0.05) is 13.8 Å². The van der Waals surface area contributed by atoms with Gasteiger partial charge >= 0.3 is 0 Å². The first-order chi connectivity index (χ1) is 8.10. The second-order valence-corrected chi connectivity index (χ2v) is 5.09. The molecule has 0 spiro atoms. The van der Waals surface area contributed by atoms with E-state index in [0.717, 1.165) is 30.5 Å². The van der Waals surface area contributed by atoms with Gasteiger partial charge in [0.25, 0.3) is 0 Å². The number of aryl methyl sites for hydroxylation is 1. The molecular weight excluding hydrogens is 212 g/mol. The molecule has 4 heteroatoms. The highest BCUT2D eigenvalue weighted by atomic mass is 15.2. The van der Waals surface area contributed by atoms with E-state index in [2.05, 4.69) is 35.6 Å². The Morgan fingerprint density at radius 3 is 2.82 bits per heavy atom. The van der Waals surface area contributed by atoms with Crippen LogP contribution in [-0.4, -0.2) is 22.6 Å². The predicted molar refractivity (Wildman–Crippen MR) is 71.0 cm³/mol. The van der Waals surface area contributed by atoms with E-state index >= 15 is 0 Å². The van der Waals surface area contributed by atoms with E-state index in [9.17, 15) is 0 Å². The van der Waals surface area contributed by atoms with E-state index in [1.165, 1.54) is 12.8 Å². The largest absolute Gasteiger partial charge is 0.384 e. The fourth-order valence-electron chi connectivity index (χ4n) is 2.56. The minimum atomic E-state index is 0.540. The molecule has 2 N–H and O–H groups in total. The Labute approximate surface area is 103 Å². The highest BCUT2D eigenvalue weighted by Crippen LogP contribution is 2.27. The van der Waals surface area contributed by atoms with Crippen LogP contribution in [0.2, 0.25) is 0 Å². The molecule has 2 atom stereocenters. The maximum absolute atomic E-state index is 5.84. The molecule has 2 rings (SSSR count). The number of hydrogen-bond acceptors (Lipinski definition) is 4. The fraction of sp³-hybridized carbons (Fsp3) is 0.692. The third-order valence-electron chi connectivity index (χ3n) is 3.53. The normalized spacial score (nSPS) is 25.0. The van der Waals surface area contributed by atoms with Crippen molar-refractivity contribution in [2.75, 3.05) is 17.2 Å². The second kappa shape index (κ2) is 4.90. The van der Waals surface area contributed by atoms with Crippen LogP contribution >= 0.6 is 0 Å². The minimum Gasteiger partial charge on any atom is -0.384 e. The highest BCUT2D eigenvalue weighted by Gasteiger charge is 2.24. The number of anilines is 2. The smallest absolute Gasteiger partial charge is 0.134 e. The molecule has 17 heavy (non-hydrogen) atoms. The van der Waals surface area contributed by atoms with Crippen molar-refractivity contribution in [3.05, 3.63) is 11.9 Å². The quantitative estimate of drug-likeness (QED) is 0.852. The maximum atomic E-state index is 5.84. The van der Waals surface area contributed by atoms with Gasteiger partial charge in [0.15, 0.2) is 0 Å². The molecule has 1 aromatic heterocycles. The zero-order valence-electron chi connectivity index (χ0n) is 11.0. The summed E-state index contributed by atoms with van der Waals surface area (Å²) in [6, 6.07) is 2.43. The second-order valence-electron chi connectivity index (χ2n) is 5.09. The predicted octanol–water partition coefficient (Wildman–Crippen LogP) is 2.25.